The van der Waals surface area contributed by atoms with Crippen LogP contribution in [-0.4, -0.2) is 58.6 Å². The van der Waals surface area contributed by atoms with Gasteiger partial charge in [-0.25, -0.2) is 9.59 Å². The van der Waals surface area contributed by atoms with Gasteiger partial charge in [-0.05, 0) is 31.6 Å². The van der Waals surface area contributed by atoms with E-state index in [1.54, 1.807) is 4.90 Å². The van der Waals surface area contributed by atoms with Gasteiger partial charge in [-0.1, -0.05) is 6.92 Å². The molecule has 0 bridgehead atoms. The molecule has 0 aromatic carbocycles. The van der Waals surface area contributed by atoms with Gasteiger partial charge < -0.3 is 20.6 Å². The Morgan fingerprint density at radius 3 is 2.53 bits per heavy atom. The molecule has 19 heavy (non-hydrogen) atoms. The molecule has 2 aliphatic heterocycles. The van der Waals surface area contributed by atoms with Crippen molar-refractivity contribution in [2.75, 3.05) is 19.6 Å². The number of piperidine rings is 2. The minimum Gasteiger partial charge on any atom is -0.480 e. The maximum Gasteiger partial charge on any atom is 0.326 e. The molecule has 0 aliphatic carbocycles. The van der Waals surface area contributed by atoms with Gasteiger partial charge in [0.2, 0.25) is 0 Å². The second-order valence-corrected chi connectivity index (χ2v) is 5.73. The zero-order chi connectivity index (χ0) is 14.0. The number of carbonyl (C=O) groups is 2. The van der Waals surface area contributed by atoms with E-state index in [-0.39, 0.29) is 18.0 Å². The first-order valence-corrected chi connectivity index (χ1v) is 7.04. The number of amides is 2. The monoisotopic (exact) mass is 269 g/mol. The van der Waals surface area contributed by atoms with Crippen LogP contribution in [0.3, 0.4) is 0 Å². The number of carboxylic acids is 1. The Labute approximate surface area is 113 Å². The van der Waals surface area contributed by atoms with Gasteiger partial charge >= 0.3 is 12.0 Å². The largest absolute Gasteiger partial charge is 0.480 e. The lowest BCUT2D eigenvalue weighted by Gasteiger charge is -2.41. The topological polar surface area (TPSA) is 86.9 Å². The molecule has 3 unspecified atom stereocenters. The fourth-order valence-electron chi connectivity index (χ4n) is 3.14. The lowest BCUT2D eigenvalue weighted by atomic mass is 9.91. The van der Waals surface area contributed by atoms with Gasteiger partial charge in [-0.2, -0.15) is 0 Å². The summed E-state index contributed by atoms with van der Waals surface area (Å²) in [4.78, 5) is 27.1. The van der Waals surface area contributed by atoms with Gasteiger partial charge in [-0.15, -0.1) is 0 Å². The number of likely N-dealkylation sites (tertiary alicyclic amines) is 2. The first-order valence-electron chi connectivity index (χ1n) is 7.04. The first-order chi connectivity index (χ1) is 9.00. The second-order valence-electron chi connectivity index (χ2n) is 5.73. The van der Waals surface area contributed by atoms with Crippen LogP contribution >= 0.6 is 0 Å². The van der Waals surface area contributed by atoms with E-state index in [1.807, 2.05) is 6.92 Å². The molecule has 108 valence electrons. The Morgan fingerprint density at radius 2 is 1.89 bits per heavy atom. The Bertz CT molecular complexity index is 361. The molecule has 2 heterocycles. The van der Waals surface area contributed by atoms with Crippen LogP contribution in [0.4, 0.5) is 4.79 Å². The molecule has 0 radical (unpaired) electrons. The molecular formula is C13H23N3O3. The van der Waals surface area contributed by atoms with Gasteiger partial charge in [0.25, 0.3) is 0 Å². The predicted octanol–water partition coefficient (Wildman–Crippen LogP) is 0.715. The van der Waals surface area contributed by atoms with E-state index in [0.29, 0.717) is 19.6 Å². The van der Waals surface area contributed by atoms with E-state index in [0.717, 1.165) is 25.7 Å². The van der Waals surface area contributed by atoms with Crippen LogP contribution in [0.25, 0.3) is 0 Å². The maximum atomic E-state index is 12.5. The number of hydrogen-bond donors (Lipinski definition) is 2. The van der Waals surface area contributed by atoms with Crippen molar-refractivity contribution >= 4 is 12.0 Å². The van der Waals surface area contributed by atoms with Crippen LogP contribution in [0, 0.1) is 5.92 Å². The van der Waals surface area contributed by atoms with Crippen molar-refractivity contribution in [1.29, 1.82) is 0 Å². The van der Waals surface area contributed by atoms with Crippen LogP contribution in [0.5, 0.6) is 0 Å². The Balaban J connectivity index is 2.09. The molecule has 2 amide bonds. The summed E-state index contributed by atoms with van der Waals surface area (Å²) in [6, 6.07) is -0.836. The standard InChI is InChI=1S/C13H23N3O3/c1-9-4-2-7-16(11(9)12(17)18)13(19)15-6-3-5-10(14)8-15/h9-11H,2-8,14H2,1H3,(H,17,18). The van der Waals surface area contributed by atoms with E-state index in [2.05, 4.69) is 0 Å². The number of hydrogen-bond acceptors (Lipinski definition) is 3. The number of urea groups is 1. The van der Waals surface area contributed by atoms with E-state index in [4.69, 9.17) is 5.73 Å². The Morgan fingerprint density at radius 1 is 1.21 bits per heavy atom. The fourth-order valence-corrected chi connectivity index (χ4v) is 3.14. The summed E-state index contributed by atoms with van der Waals surface area (Å²) < 4.78 is 0. The number of carboxylic acid groups (broad SMARTS) is 1. The summed E-state index contributed by atoms with van der Waals surface area (Å²) in [6.07, 6.45) is 3.56. The Hall–Kier alpha value is -1.30. The summed E-state index contributed by atoms with van der Waals surface area (Å²) in [6.45, 7) is 3.66. The molecular weight excluding hydrogens is 246 g/mol. The highest BCUT2D eigenvalue weighted by Crippen LogP contribution is 2.25. The van der Waals surface area contributed by atoms with Crippen molar-refractivity contribution in [1.82, 2.24) is 9.80 Å². The molecule has 2 rings (SSSR count). The maximum absolute atomic E-state index is 12.5. The highest BCUT2D eigenvalue weighted by molar-refractivity contribution is 5.83. The van der Waals surface area contributed by atoms with E-state index in [1.165, 1.54) is 4.90 Å². The minimum atomic E-state index is -0.901. The third kappa shape index (κ3) is 3.00. The molecule has 2 saturated heterocycles. The van der Waals surface area contributed by atoms with E-state index >= 15 is 0 Å². The minimum absolute atomic E-state index is 0.00802. The van der Waals surface area contributed by atoms with Crippen LogP contribution in [0.1, 0.15) is 32.6 Å². The average molecular weight is 269 g/mol. The van der Waals surface area contributed by atoms with Crippen LogP contribution in [0.2, 0.25) is 0 Å². The number of carbonyl (C=O) groups excluding carboxylic acids is 1. The van der Waals surface area contributed by atoms with Crippen molar-refractivity contribution in [3.8, 4) is 0 Å². The third-order valence-corrected chi connectivity index (χ3v) is 4.16. The van der Waals surface area contributed by atoms with Crippen LogP contribution in [-0.2, 0) is 4.79 Å². The smallest absolute Gasteiger partial charge is 0.326 e. The zero-order valence-electron chi connectivity index (χ0n) is 11.4. The molecule has 2 aliphatic rings. The first kappa shape index (κ1) is 14.1. The lowest BCUT2D eigenvalue weighted by molar-refractivity contribution is -0.145. The highest BCUT2D eigenvalue weighted by atomic mass is 16.4. The number of nitrogens with two attached hydrogens (primary N) is 1. The SMILES string of the molecule is CC1CCCN(C(=O)N2CCCC(N)C2)C1C(=O)O. The number of aliphatic carboxylic acids is 1. The molecule has 3 atom stereocenters. The molecule has 3 N–H and O–H groups in total. The zero-order valence-corrected chi connectivity index (χ0v) is 11.4. The third-order valence-electron chi connectivity index (χ3n) is 4.16. The summed E-state index contributed by atoms with van der Waals surface area (Å²) in [7, 11) is 0. The van der Waals surface area contributed by atoms with Gasteiger partial charge in [0, 0.05) is 25.7 Å². The molecule has 2 fully saturated rings. The second kappa shape index (κ2) is 5.77. The quantitative estimate of drug-likeness (QED) is 0.734. The van der Waals surface area contributed by atoms with Crippen molar-refractivity contribution in [3.05, 3.63) is 0 Å². The summed E-state index contributed by atoms with van der Waals surface area (Å²) in [5, 5.41) is 9.34. The van der Waals surface area contributed by atoms with Crippen molar-refractivity contribution in [3.63, 3.8) is 0 Å². The summed E-state index contributed by atoms with van der Waals surface area (Å²) in [5.41, 5.74) is 5.89. The number of rotatable bonds is 1. The fraction of sp³-hybridized carbons (Fsp3) is 0.846. The summed E-state index contributed by atoms with van der Waals surface area (Å²) in [5.74, 6) is -0.893. The number of nitrogens with zero attached hydrogens (tertiary/aromatic N) is 2. The van der Waals surface area contributed by atoms with E-state index in [9.17, 15) is 14.7 Å². The Kier molecular flexibility index (Phi) is 4.29. The average Bonchev–Trinajstić information content (AvgIpc) is 2.37. The van der Waals surface area contributed by atoms with Crippen molar-refractivity contribution < 1.29 is 14.7 Å². The highest BCUT2D eigenvalue weighted by Gasteiger charge is 2.39. The van der Waals surface area contributed by atoms with Gasteiger partial charge in [0.1, 0.15) is 6.04 Å². The predicted molar refractivity (Wildman–Crippen MR) is 70.7 cm³/mol. The summed E-state index contributed by atoms with van der Waals surface area (Å²) >= 11 is 0. The molecule has 0 saturated carbocycles. The molecule has 0 spiro atoms. The van der Waals surface area contributed by atoms with Crippen molar-refractivity contribution in [2.45, 2.75) is 44.7 Å². The molecule has 6 nitrogen and oxygen atoms in total. The lowest BCUT2D eigenvalue weighted by Crippen LogP contribution is -2.58. The van der Waals surface area contributed by atoms with E-state index < -0.39 is 12.0 Å². The molecule has 6 heteroatoms. The van der Waals surface area contributed by atoms with Gasteiger partial charge in [0.05, 0.1) is 0 Å². The normalized spacial score (nSPS) is 32.2. The molecule has 0 aromatic heterocycles. The molecule has 0 aromatic rings. The van der Waals surface area contributed by atoms with Gasteiger partial charge in [-0.3, -0.25) is 0 Å². The van der Waals surface area contributed by atoms with Crippen LogP contribution < -0.4 is 5.73 Å². The van der Waals surface area contributed by atoms with Gasteiger partial charge in [0.15, 0.2) is 0 Å². The van der Waals surface area contributed by atoms with Crippen molar-refractivity contribution in [2.24, 2.45) is 11.7 Å². The van der Waals surface area contributed by atoms with Crippen LogP contribution in [0.15, 0.2) is 0 Å².